The summed E-state index contributed by atoms with van der Waals surface area (Å²) in [7, 11) is 0. The zero-order chi connectivity index (χ0) is 36.5. The minimum absolute atomic E-state index is 0.576. The highest BCUT2D eigenvalue weighted by Gasteiger charge is 2.21. The van der Waals surface area contributed by atoms with Crippen LogP contribution in [-0.4, -0.2) is 19.5 Å². The van der Waals surface area contributed by atoms with Crippen molar-refractivity contribution in [2.75, 3.05) is 0 Å². The topological polar surface area (TPSA) is 56.7 Å². The van der Waals surface area contributed by atoms with E-state index in [2.05, 4.69) is 145 Å². The van der Waals surface area contributed by atoms with Gasteiger partial charge in [-0.1, -0.05) is 129 Å². The van der Waals surface area contributed by atoms with Crippen molar-refractivity contribution in [2.45, 2.75) is 26.2 Å². The van der Waals surface area contributed by atoms with Crippen molar-refractivity contribution in [3.05, 3.63) is 157 Å². The van der Waals surface area contributed by atoms with E-state index in [9.17, 15) is 0 Å². The zero-order valence-corrected chi connectivity index (χ0v) is 31.0. The fourth-order valence-electron chi connectivity index (χ4n) is 8.19. The first-order valence-electron chi connectivity index (χ1n) is 18.9. The summed E-state index contributed by atoms with van der Waals surface area (Å²) >= 11 is 1.78. The predicted octanol–water partition coefficient (Wildman–Crippen LogP) is 13.6. The number of rotatable bonds is 7. The van der Waals surface area contributed by atoms with Gasteiger partial charge in [0.05, 0.1) is 11.0 Å². The number of aromatic nitrogens is 4. The summed E-state index contributed by atoms with van der Waals surface area (Å²) in [6.45, 7) is 2.24. The summed E-state index contributed by atoms with van der Waals surface area (Å²) in [4.78, 5) is 15.7. The largest absolute Gasteiger partial charge is 0.455 e. The molecule has 0 aliphatic rings. The van der Waals surface area contributed by atoms with Crippen LogP contribution in [0.25, 0.3) is 104 Å². The second-order valence-corrected chi connectivity index (χ2v) is 15.3. The van der Waals surface area contributed by atoms with Crippen LogP contribution < -0.4 is 0 Å². The molecule has 0 saturated heterocycles. The van der Waals surface area contributed by atoms with E-state index < -0.39 is 0 Å². The minimum Gasteiger partial charge on any atom is -0.455 e. The summed E-state index contributed by atoms with van der Waals surface area (Å²) in [6, 6.07) is 53.6. The van der Waals surface area contributed by atoms with Crippen LogP contribution in [0.2, 0.25) is 0 Å². The second kappa shape index (κ2) is 12.8. The van der Waals surface area contributed by atoms with Crippen LogP contribution in [0.1, 0.15) is 25.3 Å². The van der Waals surface area contributed by atoms with Gasteiger partial charge in [0.1, 0.15) is 11.2 Å². The first-order chi connectivity index (χ1) is 27.2. The third-order valence-corrected chi connectivity index (χ3v) is 12.1. The van der Waals surface area contributed by atoms with E-state index in [1.165, 1.54) is 44.0 Å². The van der Waals surface area contributed by atoms with E-state index in [4.69, 9.17) is 19.4 Å². The summed E-state index contributed by atoms with van der Waals surface area (Å²) in [5, 5.41) is 7.02. The van der Waals surface area contributed by atoms with Crippen LogP contribution in [0.15, 0.2) is 156 Å². The normalized spacial score (nSPS) is 11.9. The quantitative estimate of drug-likeness (QED) is 0.164. The minimum atomic E-state index is 0.576. The van der Waals surface area contributed by atoms with Crippen molar-refractivity contribution in [1.29, 1.82) is 0 Å². The number of furan rings is 1. The molecular formula is C49H34N4OS. The molecule has 0 radical (unpaired) electrons. The number of fused-ring (bicyclic) bond motifs is 9. The molecule has 0 aliphatic carbocycles. The maximum atomic E-state index is 6.63. The highest BCUT2D eigenvalue weighted by molar-refractivity contribution is 7.26. The van der Waals surface area contributed by atoms with E-state index in [-0.39, 0.29) is 0 Å². The molecule has 0 aliphatic heterocycles. The van der Waals surface area contributed by atoms with Gasteiger partial charge in [0.25, 0.3) is 0 Å². The van der Waals surface area contributed by atoms with E-state index in [0.717, 1.165) is 67.0 Å². The molecule has 0 fully saturated rings. The molecular weight excluding hydrogens is 693 g/mol. The highest BCUT2D eigenvalue weighted by atomic mass is 32.1. The zero-order valence-electron chi connectivity index (χ0n) is 30.2. The summed E-state index contributed by atoms with van der Waals surface area (Å²) in [6.07, 6.45) is 3.43. The average Bonchev–Trinajstić information content (AvgIpc) is 3.92. The summed E-state index contributed by atoms with van der Waals surface area (Å²) in [5.74, 6) is 1.85. The molecule has 55 heavy (non-hydrogen) atoms. The lowest BCUT2D eigenvalue weighted by molar-refractivity contribution is 0.669. The number of aryl methyl sites for hydroxylation is 1. The first-order valence-corrected chi connectivity index (χ1v) is 19.7. The number of hydrogen-bond donors (Lipinski definition) is 0. The van der Waals surface area contributed by atoms with E-state index in [0.29, 0.717) is 17.6 Å². The van der Waals surface area contributed by atoms with Crippen LogP contribution in [0.5, 0.6) is 0 Å². The van der Waals surface area contributed by atoms with Crippen LogP contribution in [-0.2, 0) is 6.42 Å². The molecule has 5 nitrogen and oxygen atoms in total. The Hall–Kier alpha value is -6.63. The smallest absolute Gasteiger partial charge is 0.238 e. The maximum absolute atomic E-state index is 6.63. The molecule has 0 atom stereocenters. The molecule has 4 aromatic heterocycles. The average molecular weight is 727 g/mol. The van der Waals surface area contributed by atoms with E-state index in [1.54, 1.807) is 11.3 Å². The highest BCUT2D eigenvalue weighted by Crippen LogP contribution is 2.42. The molecule has 0 saturated carbocycles. The van der Waals surface area contributed by atoms with Crippen molar-refractivity contribution >= 4 is 75.3 Å². The van der Waals surface area contributed by atoms with Gasteiger partial charge in [0.2, 0.25) is 5.95 Å². The predicted molar refractivity (Wildman–Crippen MR) is 229 cm³/mol. The van der Waals surface area contributed by atoms with Crippen LogP contribution in [0.4, 0.5) is 0 Å². The van der Waals surface area contributed by atoms with Crippen LogP contribution >= 0.6 is 11.3 Å². The van der Waals surface area contributed by atoms with Crippen molar-refractivity contribution in [1.82, 2.24) is 19.5 Å². The third-order valence-electron chi connectivity index (χ3n) is 10.9. The van der Waals surface area contributed by atoms with Gasteiger partial charge in [0.15, 0.2) is 11.6 Å². The second-order valence-electron chi connectivity index (χ2n) is 14.2. The monoisotopic (exact) mass is 726 g/mol. The van der Waals surface area contributed by atoms with Crippen molar-refractivity contribution in [3.8, 4) is 39.9 Å². The van der Waals surface area contributed by atoms with Gasteiger partial charge in [-0.25, -0.2) is 4.98 Å². The standard InChI is InChI=1S/C49H34N4OS/c1-2-3-13-30-24-27-43-40(28-30)37-19-11-18-33(45(37)54-43)32-25-26-35-34-16-7-9-22-41(34)53(42(35)29-32)49-51-47(31-14-5-4-6-15-31)50-48(52-49)39-21-12-20-38-36-17-8-10-23-44(36)55-46(38)39/h4-12,14-29H,2-3,13H2,1H3. The number of unbranched alkanes of at least 4 members (excludes halogenated alkanes) is 1. The number of thiophene rings is 1. The molecule has 6 heteroatoms. The Bertz CT molecular complexity index is 3260. The Morgan fingerprint density at radius 1 is 0.545 bits per heavy atom. The molecule has 7 aromatic carbocycles. The van der Waals surface area contributed by atoms with Crippen molar-refractivity contribution < 1.29 is 4.42 Å². The molecule has 11 aromatic rings. The maximum Gasteiger partial charge on any atom is 0.238 e. The number of para-hydroxylation sites is 2. The lowest BCUT2D eigenvalue weighted by atomic mass is 10.00. The Labute approximate surface area is 321 Å². The molecule has 262 valence electrons. The number of nitrogens with zero attached hydrogens (tertiary/aromatic N) is 4. The Balaban J connectivity index is 1.15. The third kappa shape index (κ3) is 5.17. The molecule has 0 spiro atoms. The van der Waals surface area contributed by atoms with E-state index in [1.807, 2.05) is 18.2 Å². The molecule has 0 unspecified atom stereocenters. The van der Waals surface area contributed by atoms with Gasteiger partial charge in [-0.05, 0) is 60.4 Å². The Kier molecular flexibility index (Phi) is 7.39. The summed E-state index contributed by atoms with van der Waals surface area (Å²) in [5.41, 5.74) is 9.28. The lowest BCUT2D eigenvalue weighted by Gasteiger charge is -2.12. The van der Waals surface area contributed by atoms with E-state index >= 15 is 0 Å². The molecule has 0 N–H and O–H groups in total. The molecule has 11 rings (SSSR count). The van der Waals surface area contributed by atoms with Gasteiger partial charge < -0.3 is 4.42 Å². The fraction of sp³-hybridized carbons (Fsp3) is 0.0816. The first kappa shape index (κ1) is 31.9. The van der Waals surface area contributed by atoms with Crippen LogP contribution in [0, 0.1) is 0 Å². The van der Waals surface area contributed by atoms with Gasteiger partial charge in [0, 0.05) is 58.4 Å². The molecule has 0 bridgehead atoms. The fourth-order valence-corrected chi connectivity index (χ4v) is 9.40. The Morgan fingerprint density at radius 3 is 2.18 bits per heavy atom. The number of benzene rings is 7. The van der Waals surface area contributed by atoms with Gasteiger partial charge in [-0.2, -0.15) is 9.97 Å². The van der Waals surface area contributed by atoms with Gasteiger partial charge >= 0.3 is 0 Å². The van der Waals surface area contributed by atoms with Gasteiger partial charge in [-0.15, -0.1) is 11.3 Å². The Morgan fingerprint density at radius 2 is 1.29 bits per heavy atom. The van der Waals surface area contributed by atoms with Crippen LogP contribution in [0.3, 0.4) is 0 Å². The SMILES string of the molecule is CCCCc1ccc2oc3c(-c4ccc5c6ccccc6n(-c6nc(-c7ccccc7)nc(-c7cccc8c7sc7ccccc78)n6)c5c4)cccc3c2c1. The summed E-state index contributed by atoms with van der Waals surface area (Å²) < 4.78 is 11.2. The molecule has 0 amide bonds. The number of hydrogen-bond acceptors (Lipinski definition) is 5. The van der Waals surface area contributed by atoms with Crippen molar-refractivity contribution in [2.24, 2.45) is 0 Å². The molecule has 4 heterocycles. The van der Waals surface area contributed by atoms with Crippen molar-refractivity contribution in [3.63, 3.8) is 0 Å². The van der Waals surface area contributed by atoms with Gasteiger partial charge in [-0.3, -0.25) is 4.57 Å². The lowest BCUT2D eigenvalue weighted by Crippen LogP contribution is -2.06.